The number of fused-ring (bicyclic) bond motifs is 1. The standard InChI is InChI=1S/C17H23NO3/c1-11(2)10-18-17(20)12(3)21-16-9-5-6-13-14(16)7-4-8-15(13)19/h5-6,9,11-12H,4,7-8,10H2,1-3H3,(H,18,20). The molecule has 1 aromatic rings. The Hall–Kier alpha value is -1.84. The summed E-state index contributed by atoms with van der Waals surface area (Å²) in [7, 11) is 0. The molecule has 2 rings (SSSR count). The number of Topliss-reactive ketones (excluding diaryl/α,β-unsaturated/α-hetero) is 1. The average Bonchev–Trinajstić information content (AvgIpc) is 2.45. The molecule has 0 saturated heterocycles. The molecule has 1 N–H and O–H groups in total. The fourth-order valence-corrected chi connectivity index (χ4v) is 2.45. The van der Waals surface area contributed by atoms with Crippen molar-refractivity contribution in [2.45, 2.75) is 46.1 Å². The third kappa shape index (κ3) is 3.84. The van der Waals surface area contributed by atoms with Crippen LogP contribution in [0.5, 0.6) is 5.75 Å². The summed E-state index contributed by atoms with van der Waals surface area (Å²) in [6.45, 7) is 6.47. The molecule has 1 aromatic carbocycles. The first-order valence-corrected chi connectivity index (χ1v) is 7.58. The summed E-state index contributed by atoms with van der Waals surface area (Å²) in [6.07, 6.45) is 1.71. The van der Waals surface area contributed by atoms with Crippen molar-refractivity contribution < 1.29 is 14.3 Å². The Labute approximate surface area is 125 Å². The molecule has 0 bridgehead atoms. The fraction of sp³-hybridized carbons (Fsp3) is 0.529. The number of rotatable bonds is 5. The van der Waals surface area contributed by atoms with Crippen LogP contribution in [0, 0.1) is 5.92 Å². The summed E-state index contributed by atoms with van der Waals surface area (Å²) in [4.78, 5) is 23.9. The molecule has 0 heterocycles. The molecule has 1 aliphatic rings. The van der Waals surface area contributed by atoms with Gasteiger partial charge in [0.25, 0.3) is 5.91 Å². The van der Waals surface area contributed by atoms with Crippen LogP contribution in [0.4, 0.5) is 0 Å². The van der Waals surface area contributed by atoms with Gasteiger partial charge in [-0.25, -0.2) is 0 Å². The van der Waals surface area contributed by atoms with Crippen molar-refractivity contribution in [3.8, 4) is 5.75 Å². The van der Waals surface area contributed by atoms with E-state index in [4.69, 9.17) is 4.74 Å². The second-order valence-corrected chi connectivity index (χ2v) is 5.96. The normalized spacial score (nSPS) is 15.5. The van der Waals surface area contributed by atoms with Crippen molar-refractivity contribution in [1.29, 1.82) is 0 Å². The first-order valence-electron chi connectivity index (χ1n) is 7.58. The monoisotopic (exact) mass is 289 g/mol. The van der Waals surface area contributed by atoms with Crippen LogP contribution in [0.15, 0.2) is 18.2 Å². The molecule has 1 atom stereocenters. The van der Waals surface area contributed by atoms with E-state index in [-0.39, 0.29) is 11.7 Å². The number of nitrogens with one attached hydrogen (secondary N) is 1. The number of carbonyl (C=O) groups excluding carboxylic acids is 2. The van der Waals surface area contributed by atoms with E-state index in [1.165, 1.54) is 0 Å². The molecule has 0 saturated carbocycles. The van der Waals surface area contributed by atoms with Crippen molar-refractivity contribution >= 4 is 11.7 Å². The van der Waals surface area contributed by atoms with Gasteiger partial charge in [0.15, 0.2) is 11.9 Å². The topological polar surface area (TPSA) is 55.4 Å². The summed E-state index contributed by atoms with van der Waals surface area (Å²) in [5, 5.41) is 2.86. The van der Waals surface area contributed by atoms with E-state index in [1.54, 1.807) is 6.92 Å². The third-order valence-corrected chi connectivity index (χ3v) is 3.62. The Balaban J connectivity index is 2.08. The summed E-state index contributed by atoms with van der Waals surface area (Å²) < 4.78 is 5.79. The van der Waals surface area contributed by atoms with Gasteiger partial charge in [-0.1, -0.05) is 26.0 Å². The molecule has 0 spiro atoms. The SMILES string of the molecule is CC(C)CNC(=O)C(C)Oc1cccc2c1CCCC2=O. The minimum atomic E-state index is -0.563. The largest absolute Gasteiger partial charge is 0.481 e. The van der Waals surface area contributed by atoms with Gasteiger partial charge in [-0.05, 0) is 31.7 Å². The van der Waals surface area contributed by atoms with E-state index in [0.717, 1.165) is 24.0 Å². The molecule has 21 heavy (non-hydrogen) atoms. The number of hydrogen-bond acceptors (Lipinski definition) is 3. The van der Waals surface area contributed by atoms with Crippen LogP contribution in [0.3, 0.4) is 0 Å². The Bertz CT molecular complexity index is 537. The number of hydrogen-bond donors (Lipinski definition) is 1. The van der Waals surface area contributed by atoms with E-state index in [9.17, 15) is 9.59 Å². The second-order valence-electron chi connectivity index (χ2n) is 5.96. The lowest BCUT2D eigenvalue weighted by Crippen LogP contribution is -2.38. The van der Waals surface area contributed by atoms with E-state index >= 15 is 0 Å². The number of ketones is 1. The maximum Gasteiger partial charge on any atom is 0.260 e. The van der Waals surface area contributed by atoms with Gasteiger partial charge in [-0.3, -0.25) is 9.59 Å². The zero-order chi connectivity index (χ0) is 15.4. The first-order chi connectivity index (χ1) is 9.99. The van der Waals surface area contributed by atoms with Crippen LogP contribution in [-0.4, -0.2) is 24.3 Å². The van der Waals surface area contributed by atoms with Crippen molar-refractivity contribution in [1.82, 2.24) is 5.32 Å². The third-order valence-electron chi connectivity index (χ3n) is 3.62. The van der Waals surface area contributed by atoms with Gasteiger partial charge in [0.2, 0.25) is 0 Å². The van der Waals surface area contributed by atoms with Gasteiger partial charge in [-0.15, -0.1) is 0 Å². The number of amides is 1. The van der Waals surface area contributed by atoms with Crippen LogP contribution in [0.1, 0.15) is 49.5 Å². The quantitative estimate of drug-likeness (QED) is 0.906. The van der Waals surface area contributed by atoms with Gasteiger partial charge in [0.1, 0.15) is 5.75 Å². The number of carbonyl (C=O) groups is 2. The van der Waals surface area contributed by atoms with Gasteiger partial charge in [-0.2, -0.15) is 0 Å². The molecule has 0 aliphatic heterocycles. The lowest BCUT2D eigenvalue weighted by Gasteiger charge is -2.21. The van der Waals surface area contributed by atoms with Gasteiger partial charge in [0.05, 0.1) is 0 Å². The molecule has 1 aliphatic carbocycles. The highest BCUT2D eigenvalue weighted by atomic mass is 16.5. The molecule has 1 unspecified atom stereocenters. The zero-order valence-electron chi connectivity index (χ0n) is 12.9. The molecule has 114 valence electrons. The predicted molar refractivity (Wildman–Crippen MR) is 81.6 cm³/mol. The molecule has 1 amide bonds. The molecular formula is C17H23NO3. The predicted octanol–water partition coefficient (Wildman–Crippen LogP) is 2.75. The van der Waals surface area contributed by atoms with Gasteiger partial charge >= 0.3 is 0 Å². The summed E-state index contributed by atoms with van der Waals surface area (Å²) >= 11 is 0. The van der Waals surface area contributed by atoms with Crippen LogP contribution < -0.4 is 10.1 Å². The fourth-order valence-electron chi connectivity index (χ4n) is 2.45. The van der Waals surface area contributed by atoms with Gasteiger partial charge in [0, 0.05) is 24.1 Å². The molecule has 0 radical (unpaired) electrons. The minimum Gasteiger partial charge on any atom is -0.481 e. The van der Waals surface area contributed by atoms with Crippen LogP contribution >= 0.6 is 0 Å². The highest BCUT2D eigenvalue weighted by Gasteiger charge is 2.22. The van der Waals surface area contributed by atoms with E-state index in [0.29, 0.717) is 24.6 Å². The van der Waals surface area contributed by atoms with Crippen LogP contribution in [0.2, 0.25) is 0 Å². The lowest BCUT2D eigenvalue weighted by atomic mass is 9.90. The molecule has 0 aromatic heterocycles. The summed E-state index contributed by atoms with van der Waals surface area (Å²) in [5.41, 5.74) is 1.69. The van der Waals surface area contributed by atoms with Crippen LogP contribution in [0.25, 0.3) is 0 Å². The number of ether oxygens (including phenoxy) is 1. The summed E-state index contributed by atoms with van der Waals surface area (Å²) in [5.74, 6) is 1.11. The Morgan fingerprint density at radius 1 is 1.29 bits per heavy atom. The summed E-state index contributed by atoms with van der Waals surface area (Å²) in [6, 6.07) is 5.49. The highest BCUT2D eigenvalue weighted by Crippen LogP contribution is 2.30. The first kappa shape index (κ1) is 15.5. The second kappa shape index (κ2) is 6.74. The molecule has 0 fully saturated rings. The Morgan fingerprint density at radius 2 is 2.05 bits per heavy atom. The lowest BCUT2D eigenvalue weighted by molar-refractivity contribution is -0.127. The van der Waals surface area contributed by atoms with Crippen molar-refractivity contribution in [2.75, 3.05) is 6.54 Å². The van der Waals surface area contributed by atoms with Crippen LogP contribution in [-0.2, 0) is 11.2 Å². The van der Waals surface area contributed by atoms with E-state index in [2.05, 4.69) is 5.32 Å². The average molecular weight is 289 g/mol. The maximum atomic E-state index is 12.0. The smallest absolute Gasteiger partial charge is 0.260 e. The zero-order valence-corrected chi connectivity index (χ0v) is 12.9. The highest BCUT2D eigenvalue weighted by molar-refractivity contribution is 5.99. The molecule has 4 nitrogen and oxygen atoms in total. The van der Waals surface area contributed by atoms with E-state index in [1.807, 2.05) is 32.0 Å². The maximum absolute atomic E-state index is 12.0. The minimum absolute atomic E-state index is 0.122. The molecule has 4 heteroatoms. The van der Waals surface area contributed by atoms with Crippen molar-refractivity contribution in [2.24, 2.45) is 5.92 Å². The van der Waals surface area contributed by atoms with E-state index < -0.39 is 6.10 Å². The van der Waals surface area contributed by atoms with Crippen molar-refractivity contribution in [3.05, 3.63) is 29.3 Å². The Morgan fingerprint density at radius 3 is 2.76 bits per heavy atom. The molecular weight excluding hydrogens is 266 g/mol. The van der Waals surface area contributed by atoms with Gasteiger partial charge < -0.3 is 10.1 Å². The van der Waals surface area contributed by atoms with Crippen molar-refractivity contribution in [3.63, 3.8) is 0 Å². The number of benzene rings is 1. The Kier molecular flexibility index (Phi) is 4.99.